The molecule has 26 heavy (non-hydrogen) atoms. The molecule has 2 fully saturated rings. The van der Waals surface area contributed by atoms with Gasteiger partial charge in [-0.3, -0.25) is 4.79 Å². The zero-order valence-corrected chi connectivity index (χ0v) is 17.2. The summed E-state index contributed by atoms with van der Waals surface area (Å²) in [5.41, 5.74) is 1.03. The number of carbonyl (C=O) groups excluding carboxylic acids is 1. The van der Waals surface area contributed by atoms with Crippen molar-refractivity contribution in [3.05, 3.63) is 28.7 Å². The lowest BCUT2D eigenvalue weighted by molar-refractivity contribution is -0.119. The molecule has 5 nitrogen and oxygen atoms in total. The first-order chi connectivity index (χ1) is 12.6. The Morgan fingerprint density at radius 2 is 2.08 bits per heavy atom. The minimum absolute atomic E-state index is 0.114. The van der Waals surface area contributed by atoms with Gasteiger partial charge in [0.1, 0.15) is 0 Å². The number of rotatable bonds is 6. The number of fused-ring (bicyclic) bond motifs is 2. The average molecular weight is 435 g/mol. The smallest absolute Gasteiger partial charge is 0.230 e. The van der Waals surface area contributed by atoms with Gasteiger partial charge in [-0.05, 0) is 50.2 Å². The maximum Gasteiger partial charge on any atom is 0.230 e. The summed E-state index contributed by atoms with van der Waals surface area (Å²) < 4.78 is 3.11. The second kappa shape index (κ2) is 7.72. The standard InChI is InChI=1S/C19H23BrN4OS/c1-2-24-18(13-5-7-15(20)8-6-13)22-23-19(24)26-11-17(25)21-16-10-12-3-4-14(16)9-12/h5-8,12,14,16H,2-4,9-11H2,1H3,(H,21,25)/t12-,14-,16-/m0/s1. The highest BCUT2D eigenvalue weighted by Crippen LogP contribution is 2.44. The molecule has 0 saturated heterocycles. The third-order valence-corrected chi connectivity index (χ3v) is 7.05. The number of hydrogen-bond donors (Lipinski definition) is 1. The second-order valence-electron chi connectivity index (χ2n) is 7.19. The van der Waals surface area contributed by atoms with Crippen molar-refractivity contribution in [3.8, 4) is 11.4 Å². The van der Waals surface area contributed by atoms with E-state index in [-0.39, 0.29) is 5.91 Å². The number of carbonyl (C=O) groups is 1. The van der Waals surface area contributed by atoms with Gasteiger partial charge in [-0.1, -0.05) is 46.2 Å². The molecular formula is C19H23BrN4OS. The van der Waals surface area contributed by atoms with Gasteiger partial charge in [-0.25, -0.2) is 0 Å². The fraction of sp³-hybridized carbons (Fsp3) is 0.526. The van der Waals surface area contributed by atoms with Gasteiger partial charge < -0.3 is 9.88 Å². The third kappa shape index (κ3) is 3.69. The van der Waals surface area contributed by atoms with E-state index in [1.54, 1.807) is 0 Å². The zero-order chi connectivity index (χ0) is 18.1. The fourth-order valence-corrected chi connectivity index (χ4v) is 5.37. The van der Waals surface area contributed by atoms with Gasteiger partial charge in [0.2, 0.25) is 5.91 Å². The molecule has 1 N–H and O–H groups in total. The lowest BCUT2D eigenvalue weighted by Crippen LogP contribution is -2.39. The molecule has 1 heterocycles. The molecule has 0 aliphatic heterocycles. The first-order valence-corrected chi connectivity index (χ1v) is 11.0. The number of hydrogen-bond acceptors (Lipinski definition) is 4. The quantitative estimate of drug-likeness (QED) is 0.694. The van der Waals surface area contributed by atoms with Crippen molar-refractivity contribution in [1.82, 2.24) is 20.1 Å². The van der Waals surface area contributed by atoms with Crippen LogP contribution in [0.4, 0.5) is 0 Å². The van der Waals surface area contributed by atoms with Gasteiger partial charge >= 0.3 is 0 Å². The Labute approximate surface area is 166 Å². The predicted octanol–water partition coefficient (Wildman–Crippen LogP) is 4.12. The lowest BCUT2D eigenvalue weighted by Gasteiger charge is -2.22. The summed E-state index contributed by atoms with van der Waals surface area (Å²) in [5.74, 6) is 2.90. The average Bonchev–Trinajstić information content (AvgIpc) is 3.35. The van der Waals surface area contributed by atoms with E-state index >= 15 is 0 Å². The van der Waals surface area contributed by atoms with E-state index in [2.05, 4.69) is 42.9 Å². The van der Waals surface area contributed by atoms with E-state index in [4.69, 9.17) is 0 Å². The molecule has 2 aromatic rings. The van der Waals surface area contributed by atoms with Crippen molar-refractivity contribution in [2.24, 2.45) is 11.8 Å². The van der Waals surface area contributed by atoms with Gasteiger partial charge in [-0.15, -0.1) is 10.2 Å². The Hall–Kier alpha value is -1.34. The molecule has 1 amide bonds. The van der Waals surface area contributed by atoms with E-state index in [0.717, 1.165) is 33.5 Å². The number of benzene rings is 1. The monoisotopic (exact) mass is 434 g/mol. The highest BCUT2D eigenvalue weighted by molar-refractivity contribution is 9.10. The molecule has 1 aromatic heterocycles. The van der Waals surface area contributed by atoms with Crippen LogP contribution in [0.25, 0.3) is 11.4 Å². The maximum atomic E-state index is 12.4. The number of halogens is 1. The first-order valence-electron chi connectivity index (χ1n) is 9.25. The van der Waals surface area contributed by atoms with Gasteiger partial charge in [0, 0.05) is 22.6 Å². The number of nitrogens with zero attached hydrogens (tertiary/aromatic N) is 3. The van der Waals surface area contributed by atoms with Gasteiger partial charge in [0.05, 0.1) is 5.75 Å². The van der Waals surface area contributed by atoms with Crippen LogP contribution < -0.4 is 5.32 Å². The summed E-state index contributed by atoms with van der Waals surface area (Å²) in [6, 6.07) is 8.44. The molecule has 4 rings (SSSR count). The van der Waals surface area contributed by atoms with Crippen molar-refractivity contribution in [1.29, 1.82) is 0 Å². The van der Waals surface area contributed by atoms with Crippen molar-refractivity contribution >= 4 is 33.6 Å². The van der Waals surface area contributed by atoms with Crippen molar-refractivity contribution in [2.45, 2.75) is 50.4 Å². The minimum atomic E-state index is 0.114. The molecule has 2 aliphatic carbocycles. The molecule has 7 heteroatoms. The second-order valence-corrected chi connectivity index (χ2v) is 9.05. The molecule has 0 unspecified atom stereocenters. The summed E-state index contributed by atoms with van der Waals surface area (Å²) in [7, 11) is 0. The maximum absolute atomic E-state index is 12.4. The van der Waals surface area contributed by atoms with Crippen LogP contribution in [0.5, 0.6) is 0 Å². The number of nitrogens with one attached hydrogen (secondary N) is 1. The topological polar surface area (TPSA) is 59.8 Å². The van der Waals surface area contributed by atoms with Crippen LogP contribution in [0.1, 0.15) is 32.6 Å². The Balaban J connectivity index is 1.39. The number of thioether (sulfide) groups is 1. The Morgan fingerprint density at radius 3 is 2.73 bits per heavy atom. The lowest BCUT2D eigenvalue weighted by atomic mass is 9.95. The predicted molar refractivity (Wildman–Crippen MR) is 107 cm³/mol. The molecule has 2 saturated carbocycles. The number of amides is 1. The van der Waals surface area contributed by atoms with Crippen LogP contribution in [0.3, 0.4) is 0 Å². The van der Waals surface area contributed by atoms with Crippen molar-refractivity contribution < 1.29 is 4.79 Å². The number of aromatic nitrogens is 3. The van der Waals surface area contributed by atoms with Crippen LogP contribution in [0.15, 0.2) is 33.9 Å². The van der Waals surface area contributed by atoms with Crippen molar-refractivity contribution in [2.75, 3.05) is 5.75 Å². The molecule has 3 atom stereocenters. The van der Waals surface area contributed by atoms with E-state index in [0.29, 0.717) is 17.7 Å². The normalized spacial score (nSPS) is 24.2. The Morgan fingerprint density at radius 1 is 1.27 bits per heavy atom. The fourth-order valence-electron chi connectivity index (χ4n) is 4.29. The molecular weight excluding hydrogens is 412 g/mol. The van der Waals surface area contributed by atoms with Gasteiger partial charge in [0.15, 0.2) is 11.0 Å². The molecule has 0 radical (unpaired) electrons. The van der Waals surface area contributed by atoms with E-state index in [1.807, 2.05) is 24.3 Å². The SMILES string of the molecule is CCn1c(SCC(=O)N[C@H]2C[C@H]3CC[C@H]2C3)nnc1-c1ccc(Br)cc1. The molecule has 2 aliphatic rings. The van der Waals surface area contributed by atoms with Crippen LogP contribution in [0, 0.1) is 11.8 Å². The van der Waals surface area contributed by atoms with Gasteiger partial charge in [0.25, 0.3) is 0 Å². The Bertz CT molecular complexity index is 791. The van der Waals surface area contributed by atoms with Crippen LogP contribution in [0.2, 0.25) is 0 Å². The highest BCUT2D eigenvalue weighted by Gasteiger charge is 2.40. The molecule has 0 spiro atoms. The molecule has 138 valence electrons. The largest absolute Gasteiger partial charge is 0.352 e. The van der Waals surface area contributed by atoms with E-state index < -0.39 is 0 Å². The highest BCUT2D eigenvalue weighted by atomic mass is 79.9. The van der Waals surface area contributed by atoms with Crippen LogP contribution in [-0.2, 0) is 11.3 Å². The van der Waals surface area contributed by atoms with Crippen molar-refractivity contribution in [3.63, 3.8) is 0 Å². The Kier molecular flexibility index (Phi) is 5.36. The van der Waals surface area contributed by atoms with E-state index in [9.17, 15) is 4.79 Å². The summed E-state index contributed by atoms with van der Waals surface area (Å²) >= 11 is 4.93. The first kappa shape index (κ1) is 18.0. The third-order valence-electron chi connectivity index (χ3n) is 5.55. The summed E-state index contributed by atoms with van der Waals surface area (Å²) in [6.07, 6.45) is 5.10. The van der Waals surface area contributed by atoms with E-state index in [1.165, 1.54) is 37.4 Å². The molecule has 2 bridgehead atoms. The zero-order valence-electron chi connectivity index (χ0n) is 14.8. The van der Waals surface area contributed by atoms with Crippen LogP contribution in [-0.4, -0.2) is 32.5 Å². The van der Waals surface area contributed by atoms with Crippen LogP contribution >= 0.6 is 27.7 Å². The summed E-state index contributed by atoms with van der Waals surface area (Å²) in [4.78, 5) is 12.4. The molecule has 1 aromatic carbocycles. The summed E-state index contributed by atoms with van der Waals surface area (Å²) in [6.45, 7) is 2.85. The minimum Gasteiger partial charge on any atom is -0.352 e. The summed E-state index contributed by atoms with van der Waals surface area (Å²) in [5, 5.41) is 12.7. The van der Waals surface area contributed by atoms with Gasteiger partial charge in [-0.2, -0.15) is 0 Å².